The van der Waals surface area contributed by atoms with E-state index in [1.165, 1.54) is 12.1 Å². The maximum atomic E-state index is 12.7. The molecule has 9 heteroatoms. The second-order valence-corrected chi connectivity index (χ2v) is 5.92. The predicted octanol–water partition coefficient (Wildman–Crippen LogP) is 5.19. The quantitative estimate of drug-likeness (QED) is 0.576. The number of benzene rings is 2. The number of anilines is 4. The number of halogens is 3. The SMILES string of the molecule is Cc1ccc(Nc2ccc(NC(=O)Nc3cccc(C(F)(F)F)c3)cc2)nn1. The molecule has 0 aliphatic heterocycles. The molecule has 6 nitrogen and oxygen atoms in total. The third-order valence-corrected chi connectivity index (χ3v) is 3.66. The van der Waals surface area contributed by atoms with E-state index in [0.717, 1.165) is 23.5 Å². The molecule has 0 aliphatic rings. The van der Waals surface area contributed by atoms with Crippen LogP contribution in [0, 0.1) is 6.92 Å². The van der Waals surface area contributed by atoms with Crippen molar-refractivity contribution in [2.45, 2.75) is 13.1 Å². The zero-order valence-electron chi connectivity index (χ0n) is 14.7. The summed E-state index contributed by atoms with van der Waals surface area (Å²) >= 11 is 0. The van der Waals surface area contributed by atoms with E-state index in [0.29, 0.717) is 11.5 Å². The monoisotopic (exact) mass is 387 g/mol. The summed E-state index contributed by atoms with van der Waals surface area (Å²) in [7, 11) is 0. The molecule has 3 N–H and O–H groups in total. The molecule has 28 heavy (non-hydrogen) atoms. The van der Waals surface area contributed by atoms with Gasteiger partial charge in [0.2, 0.25) is 0 Å². The molecule has 0 saturated carbocycles. The summed E-state index contributed by atoms with van der Waals surface area (Å²) in [5.41, 5.74) is 1.23. The van der Waals surface area contributed by atoms with E-state index in [1.54, 1.807) is 30.3 Å². The van der Waals surface area contributed by atoms with Gasteiger partial charge in [-0.1, -0.05) is 6.07 Å². The number of amides is 2. The normalized spacial score (nSPS) is 11.0. The summed E-state index contributed by atoms with van der Waals surface area (Å²) < 4.78 is 38.2. The number of hydrogen-bond acceptors (Lipinski definition) is 4. The topological polar surface area (TPSA) is 78.9 Å². The van der Waals surface area contributed by atoms with Crippen LogP contribution in [-0.2, 0) is 6.18 Å². The lowest BCUT2D eigenvalue weighted by atomic mass is 10.2. The van der Waals surface area contributed by atoms with E-state index in [4.69, 9.17) is 0 Å². The van der Waals surface area contributed by atoms with Gasteiger partial charge in [-0.25, -0.2) is 4.79 Å². The van der Waals surface area contributed by atoms with Gasteiger partial charge in [0.15, 0.2) is 5.82 Å². The summed E-state index contributed by atoms with van der Waals surface area (Å²) in [6.07, 6.45) is -4.47. The lowest BCUT2D eigenvalue weighted by Gasteiger charge is -2.11. The Morgan fingerprint density at radius 2 is 1.54 bits per heavy atom. The minimum absolute atomic E-state index is 0.0450. The van der Waals surface area contributed by atoms with Crippen molar-refractivity contribution in [3.63, 3.8) is 0 Å². The number of nitrogens with one attached hydrogen (secondary N) is 3. The van der Waals surface area contributed by atoms with Crippen molar-refractivity contribution < 1.29 is 18.0 Å². The molecule has 3 rings (SSSR count). The van der Waals surface area contributed by atoms with Gasteiger partial charge >= 0.3 is 12.2 Å². The van der Waals surface area contributed by atoms with Crippen LogP contribution in [0.1, 0.15) is 11.3 Å². The average molecular weight is 387 g/mol. The standard InChI is InChI=1S/C19H16F3N5O/c1-12-5-10-17(27-26-12)23-14-6-8-15(9-7-14)24-18(28)25-16-4-2-3-13(11-16)19(20,21)22/h2-11H,1H3,(H,23,27)(H2,24,25,28). The minimum atomic E-state index is -4.47. The third-order valence-electron chi connectivity index (χ3n) is 3.66. The predicted molar refractivity (Wildman–Crippen MR) is 101 cm³/mol. The first-order chi connectivity index (χ1) is 13.3. The summed E-state index contributed by atoms with van der Waals surface area (Å²) in [5.74, 6) is 0.577. The average Bonchev–Trinajstić information content (AvgIpc) is 2.65. The van der Waals surface area contributed by atoms with E-state index >= 15 is 0 Å². The minimum Gasteiger partial charge on any atom is -0.339 e. The Labute approximate surface area is 158 Å². The van der Waals surface area contributed by atoms with E-state index in [-0.39, 0.29) is 5.69 Å². The fraction of sp³-hybridized carbons (Fsp3) is 0.105. The molecule has 144 valence electrons. The van der Waals surface area contributed by atoms with Crippen LogP contribution in [0.4, 0.5) is 40.8 Å². The van der Waals surface area contributed by atoms with Crippen LogP contribution in [-0.4, -0.2) is 16.2 Å². The van der Waals surface area contributed by atoms with Crippen molar-refractivity contribution in [2.75, 3.05) is 16.0 Å². The summed E-state index contributed by atoms with van der Waals surface area (Å²) in [4.78, 5) is 12.0. The lowest BCUT2D eigenvalue weighted by molar-refractivity contribution is -0.137. The van der Waals surface area contributed by atoms with Crippen molar-refractivity contribution in [1.82, 2.24) is 10.2 Å². The molecule has 0 atom stereocenters. The number of hydrogen-bond donors (Lipinski definition) is 3. The van der Waals surface area contributed by atoms with Crippen molar-refractivity contribution in [3.05, 3.63) is 71.9 Å². The van der Waals surface area contributed by atoms with Gasteiger partial charge in [0.05, 0.1) is 11.3 Å². The van der Waals surface area contributed by atoms with Gasteiger partial charge in [-0.15, -0.1) is 5.10 Å². The number of alkyl halides is 3. The number of carbonyl (C=O) groups excluding carboxylic acids is 1. The Morgan fingerprint density at radius 1 is 0.857 bits per heavy atom. The number of urea groups is 1. The highest BCUT2D eigenvalue weighted by atomic mass is 19.4. The lowest BCUT2D eigenvalue weighted by Crippen LogP contribution is -2.19. The van der Waals surface area contributed by atoms with Gasteiger partial charge < -0.3 is 16.0 Å². The number of aromatic nitrogens is 2. The number of rotatable bonds is 4. The van der Waals surface area contributed by atoms with E-state index < -0.39 is 17.8 Å². The summed E-state index contributed by atoms with van der Waals surface area (Å²) in [5, 5.41) is 15.9. The number of aryl methyl sites for hydroxylation is 1. The van der Waals surface area contributed by atoms with Gasteiger partial charge in [-0.2, -0.15) is 18.3 Å². The zero-order valence-corrected chi connectivity index (χ0v) is 14.7. The molecule has 0 saturated heterocycles. The second-order valence-electron chi connectivity index (χ2n) is 5.92. The zero-order chi connectivity index (χ0) is 20.1. The van der Waals surface area contributed by atoms with Gasteiger partial charge in [0, 0.05) is 17.1 Å². The van der Waals surface area contributed by atoms with Gasteiger partial charge in [-0.05, 0) is 61.5 Å². The van der Waals surface area contributed by atoms with Crippen molar-refractivity contribution >= 4 is 28.9 Å². The number of nitrogens with zero attached hydrogens (tertiary/aromatic N) is 2. The Kier molecular flexibility index (Phi) is 5.44. The van der Waals surface area contributed by atoms with Crippen LogP contribution in [0.2, 0.25) is 0 Å². The Balaban J connectivity index is 1.59. The summed E-state index contributed by atoms with van der Waals surface area (Å²) in [6.45, 7) is 1.83. The molecule has 1 aromatic heterocycles. The molecule has 0 unspecified atom stereocenters. The fourth-order valence-corrected chi connectivity index (χ4v) is 2.32. The smallest absolute Gasteiger partial charge is 0.339 e. The van der Waals surface area contributed by atoms with Crippen molar-refractivity contribution in [1.29, 1.82) is 0 Å². The molecular formula is C19H16F3N5O. The van der Waals surface area contributed by atoms with Crippen LogP contribution >= 0.6 is 0 Å². The molecule has 0 bridgehead atoms. The highest BCUT2D eigenvalue weighted by Gasteiger charge is 2.30. The number of carbonyl (C=O) groups is 1. The van der Waals surface area contributed by atoms with Crippen LogP contribution in [0.25, 0.3) is 0 Å². The van der Waals surface area contributed by atoms with Gasteiger partial charge in [0.1, 0.15) is 0 Å². The molecule has 3 aromatic rings. The first-order valence-electron chi connectivity index (χ1n) is 8.22. The molecule has 0 fully saturated rings. The van der Waals surface area contributed by atoms with E-state index in [9.17, 15) is 18.0 Å². The van der Waals surface area contributed by atoms with Gasteiger partial charge in [-0.3, -0.25) is 0 Å². The second kappa shape index (κ2) is 7.95. The third kappa shape index (κ3) is 5.19. The first kappa shape index (κ1) is 19.2. The largest absolute Gasteiger partial charge is 0.416 e. The Morgan fingerprint density at radius 3 is 2.18 bits per heavy atom. The van der Waals surface area contributed by atoms with Crippen LogP contribution < -0.4 is 16.0 Å². The summed E-state index contributed by atoms with van der Waals surface area (Å²) in [6, 6.07) is 14.1. The molecule has 1 heterocycles. The van der Waals surface area contributed by atoms with Gasteiger partial charge in [0.25, 0.3) is 0 Å². The van der Waals surface area contributed by atoms with Crippen LogP contribution in [0.15, 0.2) is 60.7 Å². The Bertz CT molecular complexity index is 957. The molecule has 0 radical (unpaired) electrons. The molecular weight excluding hydrogens is 371 g/mol. The maximum Gasteiger partial charge on any atom is 0.416 e. The molecule has 0 aliphatic carbocycles. The van der Waals surface area contributed by atoms with Crippen LogP contribution in [0.3, 0.4) is 0 Å². The Hall–Kier alpha value is -3.62. The molecule has 2 amide bonds. The highest BCUT2D eigenvalue weighted by Crippen LogP contribution is 2.30. The molecule has 0 spiro atoms. The van der Waals surface area contributed by atoms with Crippen molar-refractivity contribution in [2.24, 2.45) is 0 Å². The highest BCUT2D eigenvalue weighted by molar-refractivity contribution is 5.99. The van der Waals surface area contributed by atoms with Crippen LogP contribution in [0.5, 0.6) is 0 Å². The fourth-order valence-electron chi connectivity index (χ4n) is 2.32. The van der Waals surface area contributed by atoms with Crippen molar-refractivity contribution in [3.8, 4) is 0 Å². The first-order valence-corrected chi connectivity index (χ1v) is 8.22. The molecule has 2 aromatic carbocycles. The van der Waals surface area contributed by atoms with E-state index in [1.807, 2.05) is 13.0 Å². The van der Waals surface area contributed by atoms with E-state index in [2.05, 4.69) is 26.1 Å². The maximum absolute atomic E-state index is 12.7.